The molecule has 0 aliphatic rings. The maximum atomic E-state index is 11.3. The Kier molecular flexibility index (Phi) is 4.88. The van der Waals surface area contributed by atoms with Gasteiger partial charge in [-0.25, -0.2) is 4.84 Å². The average molecular weight is 343 g/mol. The smallest absolute Gasteiger partial charge is 0.322 e. The van der Waals surface area contributed by atoms with Crippen molar-refractivity contribution in [2.75, 3.05) is 0 Å². The van der Waals surface area contributed by atoms with Gasteiger partial charge in [0.05, 0.1) is 0 Å². The topological polar surface area (TPSA) is 54.3 Å². The molecule has 0 amide bonds. The fourth-order valence-electron chi connectivity index (χ4n) is 2.98. The number of aromatic nitrogens is 1. The van der Waals surface area contributed by atoms with E-state index < -0.39 is 12.0 Å². The summed E-state index contributed by atoms with van der Waals surface area (Å²) in [5, 5.41) is 10.3. The molecular weight excluding hydrogens is 324 g/mol. The third kappa shape index (κ3) is 3.30. The van der Waals surface area contributed by atoms with E-state index in [0.717, 1.165) is 23.0 Å². The summed E-state index contributed by atoms with van der Waals surface area (Å²) in [5.41, 5.74) is 4.55. The molecule has 24 heavy (non-hydrogen) atoms. The third-order valence-corrected chi connectivity index (χ3v) is 4.59. The number of halogens is 1. The van der Waals surface area contributed by atoms with Crippen LogP contribution in [0.25, 0.3) is 10.9 Å². The number of carboxylic acid groups (broad SMARTS) is 1. The number of carboxylic acids is 1. The van der Waals surface area contributed by atoms with E-state index in [9.17, 15) is 9.90 Å². The number of aryl methyl sites for hydroxylation is 1. The van der Waals surface area contributed by atoms with Crippen LogP contribution in [0.1, 0.15) is 16.7 Å². The lowest BCUT2D eigenvalue weighted by Gasteiger charge is -2.09. The van der Waals surface area contributed by atoms with Crippen LogP contribution in [0.5, 0.6) is 0 Å². The summed E-state index contributed by atoms with van der Waals surface area (Å²) in [7, 11) is 0. The second-order valence-electron chi connectivity index (χ2n) is 5.93. The van der Waals surface area contributed by atoms with E-state index in [4.69, 9.17) is 11.8 Å². The number of para-hydroxylation sites is 1. The first kappa shape index (κ1) is 16.6. The molecule has 0 aliphatic heterocycles. The van der Waals surface area contributed by atoms with Crippen LogP contribution in [0.3, 0.4) is 0 Å². The number of fused-ring (bicyclic) bond motifs is 1. The number of aliphatic carboxylic acids is 1. The summed E-state index contributed by atoms with van der Waals surface area (Å²) in [6, 6.07) is 15.5. The normalized spacial score (nSPS) is 12.4. The maximum absolute atomic E-state index is 11.3. The highest BCUT2D eigenvalue weighted by molar-refractivity contribution is 6.14. The minimum atomic E-state index is -0.958. The van der Waals surface area contributed by atoms with Crippen molar-refractivity contribution in [1.82, 2.24) is 9.40 Å². The molecule has 0 radical (unpaired) electrons. The standard InChI is InChI=1S/C19H19ClN2O2/c1-13-6-2-3-7-14(13)11-22-12-15(10-17(21-20)19(23)24)16-8-4-5-9-18(16)22/h2-9,12,17,21H,10-11H2,1H3,(H,23,24). The fraction of sp³-hybridized carbons (Fsp3) is 0.211. The number of nitrogens with one attached hydrogen (secondary N) is 1. The molecular formula is C19H19ClN2O2. The maximum Gasteiger partial charge on any atom is 0.322 e. The summed E-state index contributed by atoms with van der Waals surface area (Å²) >= 11 is 5.58. The molecule has 1 atom stereocenters. The van der Waals surface area contributed by atoms with Crippen LogP contribution in [0.4, 0.5) is 0 Å². The largest absolute Gasteiger partial charge is 0.480 e. The van der Waals surface area contributed by atoms with Crippen LogP contribution in [0, 0.1) is 6.92 Å². The highest BCUT2D eigenvalue weighted by Gasteiger charge is 2.19. The molecule has 0 saturated heterocycles. The van der Waals surface area contributed by atoms with Gasteiger partial charge in [-0.05, 0) is 41.5 Å². The van der Waals surface area contributed by atoms with Gasteiger partial charge >= 0.3 is 5.97 Å². The SMILES string of the molecule is Cc1ccccc1Cn1cc(CC(NCl)C(=O)O)c2ccccc21. The molecule has 2 N–H and O–H groups in total. The Hall–Kier alpha value is -2.30. The van der Waals surface area contributed by atoms with Gasteiger partial charge in [0.25, 0.3) is 0 Å². The lowest BCUT2D eigenvalue weighted by Crippen LogP contribution is -2.32. The Balaban J connectivity index is 2.00. The number of hydrogen-bond donors (Lipinski definition) is 2. The summed E-state index contributed by atoms with van der Waals surface area (Å²) in [4.78, 5) is 13.6. The van der Waals surface area contributed by atoms with Crippen LogP contribution >= 0.6 is 11.8 Å². The molecule has 3 rings (SSSR count). The van der Waals surface area contributed by atoms with E-state index in [-0.39, 0.29) is 0 Å². The Labute approximate surface area is 145 Å². The number of hydrogen-bond acceptors (Lipinski definition) is 2. The minimum absolute atomic E-state index is 0.333. The molecule has 1 heterocycles. The lowest BCUT2D eigenvalue weighted by molar-refractivity contribution is -0.138. The molecule has 0 spiro atoms. The van der Waals surface area contributed by atoms with Crippen molar-refractivity contribution >= 4 is 28.6 Å². The van der Waals surface area contributed by atoms with E-state index in [1.807, 2.05) is 36.5 Å². The first-order valence-electron chi connectivity index (χ1n) is 7.80. The highest BCUT2D eigenvalue weighted by atomic mass is 35.5. The lowest BCUT2D eigenvalue weighted by atomic mass is 10.1. The molecule has 0 bridgehead atoms. The second kappa shape index (κ2) is 7.07. The van der Waals surface area contributed by atoms with Gasteiger partial charge in [-0.2, -0.15) is 0 Å². The Bertz CT molecular complexity index is 873. The number of nitrogens with zero attached hydrogens (tertiary/aromatic N) is 1. The molecule has 5 heteroatoms. The third-order valence-electron chi connectivity index (χ3n) is 4.33. The van der Waals surface area contributed by atoms with Crippen molar-refractivity contribution in [2.45, 2.75) is 25.9 Å². The van der Waals surface area contributed by atoms with Crippen molar-refractivity contribution < 1.29 is 9.90 Å². The van der Waals surface area contributed by atoms with Crippen molar-refractivity contribution in [3.63, 3.8) is 0 Å². The van der Waals surface area contributed by atoms with Gasteiger partial charge in [0.15, 0.2) is 0 Å². The van der Waals surface area contributed by atoms with E-state index in [1.165, 1.54) is 11.1 Å². The van der Waals surface area contributed by atoms with Gasteiger partial charge in [0.1, 0.15) is 6.04 Å². The summed E-state index contributed by atoms with van der Waals surface area (Å²) in [6.45, 7) is 2.85. The van der Waals surface area contributed by atoms with Gasteiger partial charge in [0.2, 0.25) is 0 Å². The molecule has 1 aromatic heterocycles. The fourth-order valence-corrected chi connectivity index (χ4v) is 3.15. The average Bonchev–Trinajstić information content (AvgIpc) is 2.92. The molecule has 3 aromatic rings. The molecule has 124 valence electrons. The Morgan fingerprint density at radius 1 is 1.17 bits per heavy atom. The van der Waals surface area contributed by atoms with E-state index in [0.29, 0.717) is 6.42 Å². The van der Waals surface area contributed by atoms with Crippen LogP contribution < -0.4 is 4.84 Å². The minimum Gasteiger partial charge on any atom is -0.480 e. The van der Waals surface area contributed by atoms with E-state index in [2.05, 4.69) is 34.5 Å². The number of benzene rings is 2. The molecule has 2 aromatic carbocycles. The Morgan fingerprint density at radius 3 is 2.58 bits per heavy atom. The van der Waals surface area contributed by atoms with Gasteiger partial charge in [-0.15, -0.1) is 0 Å². The predicted octanol–water partition coefficient (Wildman–Crippen LogP) is 3.74. The number of rotatable bonds is 6. The van der Waals surface area contributed by atoms with Gasteiger partial charge in [-0.3, -0.25) is 4.79 Å². The quantitative estimate of drug-likeness (QED) is 0.671. The van der Waals surface area contributed by atoms with Crippen LogP contribution in [-0.4, -0.2) is 21.7 Å². The van der Waals surface area contributed by atoms with Gasteiger partial charge < -0.3 is 9.67 Å². The van der Waals surface area contributed by atoms with E-state index in [1.54, 1.807) is 0 Å². The van der Waals surface area contributed by atoms with Crippen LogP contribution in [-0.2, 0) is 17.8 Å². The zero-order valence-corrected chi connectivity index (χ0v) is 14.1. The zero-order valence-electron chi connectivity index (χ0n) is 13.4. The first-order valence-corrected chi connectivity index (χ1v) is 8.18. The van der Waals surface area contributed by atoms with Crippen molar-refractivity contribution in [1.29, 1.82) is 0 Å². The predicted molar refractivity (Wildman–Crippen MR) is 96.3 cm³/mol. The first-order chi connectivity index (χ1) is 11.6. The van der Waals surface area contributed by atoms with Crippen molar-refractivity contribution in [2.24, 2.45) is 0 Å². The Morgan fingerprint density at radius 2 is 1.88 bits per heavy atom. The molecule has 1 unspecified atom stereocenters. The monoisotopic (exact) mass is 342 g/mol. The molecule has 0 saturated carbocycles. The van der Waals surface area contributed by atoms with Crippen molar-refractivity contribution in [3.05, 3.63) is 71.4 Å². The molecule has 0 aliphatic carbocycles. The van der Waals surface area contributed by atoms with E-state index >= 15 is 0 Å². The zero-order chi connectivity index (χ0) is 17.1. The molecule has 0 fully saturated rings. The molecule has 4 nitrogen and oxygen atoms in total. The van der Waals surface area contributed by atoms with Crippen LogP contribution in [0.2, 0.25) is 0 Å². The highest BCUT2D eigenvalue weighted by Crippen LogP contribution is 2.24. The van der Waals surface area contributed by atoms with Crippen molar-refractivity contribution in [3.8, 4) is 0 Å². The summed E-state index contributed by atoms with van der Waals surface area (Å²) in [6.07, 6.45) is 2.36. The number of carbonyl (C=O) groups is 1. The van der Waals surface area contributed by atoms with Gasteiger partial charge in [0, 0.05) is 30.1 Å². The summed E-state index contributed by atoms with van der Waals surface area (Å²) in [5.74, 6) is -0.958. The second-order valence-corrected chi connectivity index (χ2v) is 6.15. The van der Waals surface area contributed by atoms with Crippen LogP contribution in [0.15, 0.2) is 54.7 Å². The van der Waals surface area contributed by atoms with Gasteiger partial charge in [-0.1, -0.05) is 42.5 Å². The summed E-state index contributed by atoms with van der Waals surface area (Å²) < 4.78 is 2.17.